The minimum absolute atomic E-state index is 0.657. The van der Waals surface area contributed by atoms with Crippen molar-refractivity contribution in [3.05, 3.63) is 119 Å². The van der Waals surface area contributed by atoms with E-state index >= 15 is 0 Å². The Kier molecular flexibility index (Phi) is 10.2. The second kappa shape index (κ2) is 13.0. The Balaban J connectivity index is 0.000000165. The zero-order chi connectivity index (χ0) is 28.2. The van der Waals surface area contributed by atoms with Gasteiger partial charge in [0.15, 0.2) is 0 Å². The predicted octanol–water partition coefficient (Wildman–Crippen LogP) is 8.84. The van der Waals surface area contributed by atoms with E-state index in [2.05, 4.69) is 143 Å². The van der Waals surface area contributed by atoms with Crippen LogP contribution in [0.5, 0.6) is 0 Å². The van der Waals surface area contributed by atoms with E-state index in [-0.39, 0.29) is 0 Å². The molecule has 0 spiro atoms. The Morgan fingerprint density at radius 1 is 0.872 bits per heavy atom. The molecule has 0 radical (unpaired) electrons. The quantitative estimate of drug-likeness (QED) is 0.151. The number of fused-ring (bicyclic) bond motifs is 2. The van der Waals surface area contributed by atoms with Crippen LogP contribution in [0.4, 0.5) is 0 Å². The molecule has 0 N–H and O–H groups in total. The Labute approximate surface area is 255 Å². The van der Waals surface area contributed by atoms with Crippen LogP contribution in [0.3, 0.4) is 0 Å². The van der Waals surface area contributed by atoms with Crippen LogP contribution in [0.15, 0.2) is 103 Å². The molecule has 0 saturated heterocycles. The van der Waals surface area contributed by atoms with Crippen molar-refractivity contribution in [1.82, 2.24) is 0 Å². The van der Waals surface area contributed by atoms with Gasteiger partial charge in [-0.05, 0) is 30.0 Å². The molecule has 0 bridgehead atoms. The summed E-state index contributed by atoms with van der Waals surface area (Å²) < 4.78 is 0. The number of hydrogen-bond donors (Lipinski definition) is 0. The fourth-order valence-corrected chi connectivity index (χ4v) is 11.9. The molecule has 0 aliphatic heterocycles. The third kappa shape index (κ3) is 6.71. The molecule has 0 atom stereocenters. The molecule has 39 heavy (non-hydrogen) atoms. The third-order valence-corrected chi connectivity index (χ3v) is 15.8. The number of benzene rings is 2. The van der Waals surface area contributed by atoms with Crippen LogP contribution in [0, 0.1) is 6.92 Å². The summed E-state index contributed by atoms with van der Waals surface area (Å²) in [6, 6.07) is 27.1. The number of rotatable bonds is 4. The summed E-state index contributed by atoms with van der Waals surface area (Å²) in [6.45, 7) is 14.3. The van der Waals surface area contributed by atoms with Crippen LogP contribution >= 0.6 is 17.0 Å². The van der Waals surface area contributed by atoms with Crippen LogP contribution in [-0.2, 0) is 27.3 Å². The summed E-state index contributed by atoms with van der Waals surface area (Å²) in [5.41, 5.74) is 6.58. The summed E-state index contributed by atoms with van der Waals surface area (Å²) in [5, 5.41) is 7.56. The zero-order valence-electron chi connectivity index (χ0n) is 23.9. The number of hydrogen-bond acceptors (Lipinski definition) is 0. The topological polar surface area (TPSA) is 0 Å². The summed E-state index contributed by atoms with van der Waals surface area (Å²) in [5.74, 6) is 0. The van der Waals surface area contributed by atoms with Gasteiger partial charge in [-0.25, -0.2) is 12.1 Å². The van der Waals surface area contributed by atoms with Gasteiger partial charge >= 0.3 is 37.9 Å². The van der Waals surface area contributed by atoms with Crippen molar-refractivity contribution in [2.75, 3.05) is 0 Å². The molecule has 2 aliphatic carbocycles. The summed E-state index contributed by atoms with van der Waals surface area (Å²) in [6.07, 6.45) is 12.7. The van der Waals surface area contributed by atoms with E-state index in [4.69, 9.17) is 17.0 Å². The zero-order valence-corrected chi connectivity index (χ0v) is 29.8. The van der Waals surface area contributed by atoms with E-state index in [0.717, 1.165) is 6.42 Å². The number of aryl methyl sites for hydroxylation is 1. The van der Waals surface area contributed by atoms with Crippen LogP contribution in [0.2, 0.25) is 31.7 Å². The molecule has 0 unspecified atom stereocenters. The van der Waals surface area contributed by atoms with Crippen LogP contribution in [0.1, 0.15) is 23.6 Å². The number of allylic oxidation sites excluding steroid dienone is 5. The van der Waals surface area contributed by atoms with Gasteiger partial charge in [0.05, 0.1) is 8.07 Å². The SMILES string of the molecule is CC1=Cc2cccc([Si](C)(C)C3C=CC=C3)c2C1.Cc1cc2cccc([Si](C)(C)[c-]3cccc3)c2[cH-]1.[Cl][Zr][Cl]. The second-order valence-electron chi connectivity index (χ2n) is 11.8. The first-order valence-electron chi connectivity index (χ1n) is 13.6. The normalized spacial score (nSPS) is 14.4. The molecule has 0 aromatic heterocycles. The Morgan fingerprint density at radius 2 is 1.49 bits per heavy atom. The van der Waals surface area contributed by atoms with E-state index in [1.54, 1.807) is 15.9 Å². The van der Waals surface area contributed by atoms with Gasteiger partial charge in [0, 0.05) is 8.07 Å². The molecule has 0 fully saturated rings. The first-order valence-corrected chi connectivity index (χ1v) is 26.0. The molecular formula is C34H38Cl2Si2Zr-2. The molecule has 0 nitrogen and oxygen atoms in total. The fourth-order valence-electron chi connectivity index (χ4n) is 6.10. The molecule has 2 aliphatic rings. The van der Waals surface area contributed by atoms with E-state index in [1.165, 1.54) is 32.7 Å². The Bertz CT molecular complexity index is 1490. The van der Waals surface area contributed by atoms with Gasteiger partial charge in [0.25, 0.3) is 0 Å². The second-order valence-corrected chi connectivity index (χ2v) is 24.5. The molecule has 6 rings (SSSR count). The Morgan fingerprint density at radius 3 is 2.15 bits per heavy atom. The van der Waals surface area contributed by atoms with Crippen molar-refractivity contribution in [3.8, 4) is 0 Å². The summed E-state index contributed by atoms with van der Waals surface area (Å²) >= 11 is -0.826. The predicted molar refractivity (Wildman–Crippen MR) is 178 cm³/mol. The molecule has 4 aromatic carbocycles. The van der Waals surface area contributed by atoms with Crippen molar-refractivity contribution >= 4 is 65.6 Å². The van der Waals surface area contributed by atoms with Crippen molar-refractivity contribution in [1.29, 1.82) is 0 Å². The standard InChI is InChI=1S/C17H20Si.C17H18Si.2ClH.Zr/c2*1-13-11-14-7-6-10-17(16(14)12-13)18(2,3)15-8-4-5-9-15;;;/h4-11,15H,12H2,1-3H3;4-12H,1-3H3;2*1H;/q;-2;;;+2/p-2. The van der Waals surface area contributed by atoms with Gasteiger partial charge in [-0.15, -0.1) is 39.7 Å². The molecule has 4 aromatic rings. The summed E-state index contributed by atoms with van der Waals surface area (Å²) in [7, 11) is 6.87. The monoisotopic (exact) mass is 662 g/mol. The third-order valence-electron chi connectivity index (χ3n) is 8.30. The molecule has 5 heteroatoms. The molecule has 0 heterocycles. The van der Waals surface area contributed by atoms with Gasteiger partial charge in [-0.1, -0.05) is 98.5 Å². The van der Waals surface area contributed by atoms with Gasteiger partial charge in [0.2, 0.25) is 0 Å². The average molecular weight is 665 g/mol. The van der Waals surface area contributed by atoms with Crippen molar-refractivity contribution in [3.63, 3.8) is 0 Å². The molecule has 0 saturated carbocycles. The molecule has 202 valence electrons. The first-order chi connectivity index (χ1) is 18.6. The van der Waals surface area contributed by atoms with Gasteiger partial charge in [0.1, 0.15) is 0 Å². The van der Waals surface area contributed by atoms with Crippen LogP contribution in [-0.4, -0.2) is 16.1 Å². The van der Waals surface area contributed by atoms with Gasteiger partial charge in [-0.3, -0.25) is 0 Å². The number of halogens is 2. The molecule has 0 amide bonds. The van der Waals surface area contributed by atoms with Crippen LogP contribution in [0.25, 0.3) is 16.8 Å². The maximum absolute atomic E-state index is 4.93. The first kappa shape index (κ1) is 30.5. The van der Waals surface area contributed by atoms with E-state index in [1.807, 2.05) is 0 Å². The van der Waals surface area contributed by atoms with Crippen LogP contribution < -0.4 is 15.6 Å². The maximum atomic E-state index is 4.93. The summed E-state index contributed by atoms with van der Waals surface area (Å²) in [4.78, 5) is 0. The minimum atomic E-state index is -1.55. The van der Waals surface area contributed by atoms with Crippen molar-refractivity contribution < 1.29 is 20.8 Å². The van der Waals surface area contributed by atoms with E-state index < -0.39 is 37.0 Å². The Hall–Kier alpha value is -1.48. The van der Waals surface area contributed by atoms with E-state index in [9.17, 15) is 0 Å². The van der Waals surface area contributed by atoms with Crippen molar-refractivity contribution in [2.45, 2.75) is 52.0 Å². The van der Waals surface area contributed by atoms with E-state index in [0.29, 0.717) is 5.54 Å². The average Bonchev–Trinajstić information content (AvgIpc) is 3.70. The van der Waals surface area contributed by atoms with Gasteiger partial charge < -0.3 is 0 Å². The van der Waals surface area contributed by atoms with Gasteiger partial charge in [-0.2, -0.15) is 23.4 Å². The fraction of sp³-hybridized carbons (Fsp3) is 0.235. The molecular weight excluding hydrogens is 627 g/mol. The van der Waals surface area contributed by atoms with Crippen molar-refractivity contribution in [2.24, 2.45) is 0 Å².